The second-order valence-corrected chi connectivity index (χ2v) is 6.78. The van der Waals surface area contributed by atoms with Gasteiger partial charge in [-0.25, -0.2) is 0 Å². The number of para-hydroxylation sites is 3. The number of hydrogen-bond acceptors (Lipinski definition) is 4. The predicted molar refractivity (Wildman–Crippen MR) is 105 cm³/mol. The van der Waals surface area contributed by atoms with Crippen molar-refractivity contribution in [1.82, 2.24) is 0 Å². The van der Waals surface area contributed by atoms with Gasteiger partial charge in [-0.1, -0.05) is 30.3 Å². The van der Waals surface area contributed by atoms with Crippen LogP contribution in [0.25, 0.3) is 0 Å². The summed E-state index contributed by atoms with van der Waals surface area (Å²) in [6.07, 6.45) is 1.56. The van der Waals surface area contributed by atoms with Gasteiger partial charge in [0.2, 0.25) is 5.91 Å². The summed E-state index contributed by atoms with van der Waals surface area (Å²) in [5.74, 6) is 0.0649. The van der Waals surface area contributed by atoms with Crippen LogP contribution in [0.5, 0.6) is 0 Å². The second-order valence-electron chi connectivity index (χ2n) is 6.78. The lowest BCUT2D eigenvalue weighted by Gasteiger charge is -2.30. The topological polar surface area (TPSA) is 44.8 Å². The van der Waals surface area contributed by atoms with Gasteiger partial charge in [-0.15, -0.1) is 0 Å². The van der Waals surface area contributed by atoms with E-state index in [1.165, 1.54) is 11.3 Å². The fraction of sp³-hybridized carbons (Fsp3) is 0.381. The van der Waals surface area contributed by atoms with Crippen LogP contribution in [-0.4, -0.2) is 45.3 Å². The first kappa shape index (κ1) is 16.9. The molecule has 0 aromatic heterocycles. The Kier molecular flexibility index (Phi) is 5.07. The molecule has 2 aliphatic heterocycles. The summed E-state index contributed by atoms with van der Waals surface area (Å²) in [6.45, 7) is 4.93. The molecule has 1 N–H and O–H groups in total. The van der Waals surface area contributed by atoms with E-state index < -0.39 is 0 Å². The number of hydrogen-bond donors (Lipinski definition) is 1. The van der Waals surface area contributed by atoms with Crippen molar-refractivity contribution in [3.05, 3.63) is 54.1 Å². The number of carbonyl (C=O) groups is 1. The molecule has 0 radical (unpaired) electrons. The summed E-state index contributed by atoms with van der Waals surface area (Å²) in [6, 6.07) is 16.5. The first-order chi connectivity index (χ1) is 12.8. The molecular weight excluding hydrogens is 326 g/mol. The number of carbonyl (C=O) groups excluding carboxylic acids is 1. The third kappa shape index (κ3) is 3.68. The Morgan fingerprint density at radius 3 is 2.54 bits per heavy atom. The summed E-state index contributed by atoms with van der Waals surface area (Å²) >= 11 is 0. The van der Waals surface area contributed by atoms with E-state index in [1.807, 2.05) is 18.2 Å². The maximum absolute atomic E-state index is 12.5. The highest BCUT2D eigenvalue weighted by atomic mass is 16.5. The zero-order chi connectivity index (χ0) is 17.8. The predicted octanol–water partition coefficient (Wildman–Crippen LogP) is 2.91. The minimum Gasteiger partial charge on any atom is -0.378 e. The lowest BCUT2D eigenvalue weighted by Crippen LogP contribution is -2.36. The highest BCUT2D eigenvalue weighted by molar-refractivity contribution is 5.94. The minimum atomic E-state index is 0.0649. The van der Waals surface area contributed by atoms with E-state index in [1.54, 1.807) is 0 Å². The van der Waals surface area contributed by atoms with E-state index in [2.05, 4.69) is 45.4 Å². The Bertz CT molecular complexity index is 771. The number of ether oxygens (including phenoxy) is 1. The van der Waals surface area contributed by atoms with Crippen LogP contribution in [0.2, 0.25) is 0 Å². The molecular formula is C21H25N3O2. The van der Waals surface area contributed by atoms with Gasteiger partial charge in [0.1, 0.15) is 0 Å². The largest absolute Gasteiger partial charge is 0.378 e. The van der Waals surface area contributed by atoms with Crippen molar-refractivity contribution in [2.75, 3.05) is 54.5 Å². The monoisotopic (exact) mass is 351 g/mol. The highest BCUT2D eigenvalue weighted by Crippen LogP contribution is 2.28. The van der Waals surface area contributed by atoms with Crippen molar-refractivity contribution in [3.63, 3.8) is 0 Å². The minimum absolute atomic E-state index is 0.0649. The van der Waals surface area contributed by atoms with Gasteiger partial charge in [-0.2, -0.15) is 0 Å². The van der Waals surface area contributed by atoms with Crippen LogP contribution < -0.4 is 15.1 Å². The normalized spacial score (nSPS) is 16.5. The van der Waals surface area contributed by atoms with Crippen LogP contribution in [0.15, 0.2) is 48.5 Å². The molecule has 0 spiro atoms. The molecule has 1 saturated heterocycles. The number of fused-ring (bicyclic) bond motifs is 1. The van der Waals surface area contributed by atoms with E-state index >= 15 is 0 Å². The Morgan fingerprint density at radius 2 is 1.69 bits per heavy atom. The number of anilines is 3. The van der Waals surface area contributed by atoms with Crippen molar-refractivity contribution in [1.29, 1.82) is 0 Å². The van der Waals surface area contributed by atoms with Crippen molar-refractivity contribution >= 4 is 23.0 Å². The van der Waals surface area contributed by atoms with Crippen molar-refractivity contribution in [2.45, 2.75) is 12.8 Å². The molecule has 2 aromatic rings. The van der Waals surface area contributed by atoms with Gasteiger partial charge in [0.05, 0.1) is 24.6 Å². The number of benzene rings is 2. The molecule has 0 bridgehead atoms. The van der Waals surface area contributed by atoms with Gasteiger partial charge >= 0.3 is 0 Å². The van der Waals surface area contributed by atoms with Crippen LogP contribution in [0.3, 0.4) is 0 Å². The van der Waals surface area contributed by atoms with Crippen LogP contribution in [0, 0.1) is 0 Å². The first-order valence-electron chi connectivity index (χ1n) is 9.36. The number of nitrogens with one attached hydrogen (secondary N) is 1. The number of rotatable bonds is 5. The van der Waals surface area contributed by atoms with Gasteiger partial charge in [0, 0.05) is 38.3 Å². The summed E-state index contributed by atoms with van der Waals surface area (Å²) in [5, 5.41) is 3.11. The molecule has 0 saturated carbocycles. The summed E-state index contributed by atoms with van der Waals surface area (Å²) in [4.78, 5) is 17.1. The molecule has 1 fully saturated rings. The Hall–Kier alpha value is -2.53. The zero-order valence-electron chi connectivity index (χ0n) is 15.0. The molecule has 5 nitrogen and oxygen atoms in total. The summed E-state index contributed by atoms with van der Waals surface area (Å²) in [5.41, 5.74) is 4.62. The number of morpholine rings is 1. The fourth-order valence-electron chi connectivity index (χ4n) is 3.75. The molecule has 1 amide bonds. The first-order valence-corrected chi connectivity index (χ1v) is 9.36. The Morgan fingerprint density at radius 1 is 0.962 bits per heavy atom. The molecule has 5 heteroatoms. The van der Waals surface area contributed by atoms with Crippen LogP contribution in [-0.2, 0) is 16.0 Å². The molecule has 4 rings (SSSR count). The van der Waals surface area contributed by atoms with Gasteiger partial charge in [0.25, 0.3) is 0 Å². The third-order valence-corrected chi connectivity index (χ3v) is 5.12. The SMILES string of the molecule is O=C(CCN1CCc2ccccc21)Nc1ccccc1N1CCOCC1. The number of nitrogens with zero attached hydrogens (tertiary/aromatic N) is 2. The molecule has 2 aliphatic rings. The van der Waals surface area contributed by atoms with Gasteiger partial charge in [0.15, 0.2) is 0 Å². The van der Waals surface area contributed by atoms with Gasteiger partial charge < -0.3 is 19.9 Å². The molecule has 2 aromatic carbocycles. The van der Waals surface area contributed by atoms with Crippen LogP contribution >= 0.6 is 0 Å². The van der Waals surface area contributed by atoms with E-state index in [9.17, 15) is 4.79 Å². The maximum atomic E-state index is 12.5. The fourth-order valence-corrected chi connectivity index (χ4v) is 3.75. The van der Waals surface area contributed by atoms with Crippen LogP contribution in [0.1, 0.15) is 12.0 Å². The summed E-state index contributed by atoms with van der Waals surface area (Å²) < 4.78 is 5.43. The quantitative estimate of drug-likeness (QED) is 0.900. The third-order valence-electron chi connectivity index (χ3n) is 5.12. The lowest BCUT2D eigenvalue weighted by atomic mass is 10.2. The van der Waals surface area contributed by atoms with E-state index in [4.69, 9.17) is 4.74 Å². The molecule has 136 valence electrons. The standard InChI is InChI=1S/C21H25N3O2/c25-21(10-12-23-11-9-17-5-1-3-7-19(17)23)22-18-6-2-4-8-20(18)24-13-15-26-16-14-24/h1-8H,9-16H2,(H,22,25). The lowest BCUT2D eigenvalue weighted by molar-refractivity contribution is -0.116. The average molecular weight is 351 g/mol. The average Bonchev–Trinajstić information content (AvgIpc) is 3.11. The van der Waals surface area contributed by atoms with E-state index in [-0.39, 0.29) is 5.91 Å². The smallest absolute Gasteiger partial charge is 0.226 e. The number of amides is 1. The van der Waals surface area contributed by atoms with Crippen molar-refractivity contribution < 1.29 is 9.53 Å². The zero-order valence-corrected chi connectivity index (χ0v) is 15.0. The highest BCUT2D eigenvalue weighted by Gasteiger charge is 2.20. The molecule has 0 aliphatic carbocycles. The molecule has 2 heterocycles. The van der Waals surface area contributed by atoms with Gasteiger partial charge in [-0.05, 0) is 30.2 Å². The second kappa shape index (κ2) is 7.79. The van der Waals surface area contributed by atoms with Gasteiger partial charge in [-0.3, -0.25) is 4.79 Å². The maximum Gasteiger partial charge on any atom is 0.226 e. The van der Waals surface area contributed by atoms with Crippen molar-refractivity contribution in [3.8, 4) is 0 Å². The molecule has 26 heavy (non-hydrogen) atoms. The van der Waals surface area contributed by atoms with Crippen molar-refractivity contribution in [2.24, 2.45) is 0 Å². The Balaban J connectivity index is 1.37. The molecule has 0 unspecified atom stereocenters. The molecule has 0 atom stereocenters. The van der Waals surface area contributed by atoms with E-state index in [0.717, 1.165) is 57.2 Å². The van der Waals surface area contributed by atoms with E-state index in [0.29, 0.717) is 6.42 Å². The summed E-state index contributed by atoms with van der Waals surface area (Å²) in [7, 11) is 0. The van der Waals surface area contributed by atoms with Crippen LogP contribution in [0.4, 0.5) is 17.1 Å². The Labute approximate surface area is 154 Å².